The Morgan fingerprint density at radius 3 is 3.06 bits per heavy atom. The number of hydrogen-bond acceptors (Lipinski definition) is 5. The number of nitriles is 1. The van der Waals surface area contributed by atoms with Crippen LogP contribution >= 0.6 is 0 Å². The summed E-state index contributed by atoms with van der Waals surface area (Å²) in [5.41, 5.74) is 0.505. The standard InChI is InChI=1S/C10H8N6O/c1-12-9(17)8-3-5-16(15-8)10-13-4-2-7(6-11)14-10/h2-5H,1H3,(H,12,17). The van der Waals surface area contributed by atoms with E-state index in [1.165, 1.54) is 24.0 Å². The average Bonchev–Trinajstić information content (AvgIpc) is 2.87. The fourth-order valence-corrected chi connectivity index (χ4v) is 1.21. The topological polar surface area (TPSA) is 96.5 Å². The molecule has 7 heteroatoms. The molecule has 0 aliphatic carbocycles. The summed E-state index contributed by atoms with van der Waals surface area (Å²) in [6, 6.07) is 4.94. The third-order valence-corrected chi connectivity index (χ3v) is 2.01. The van der Waals surface area contributed by atoms with E-state index >= 15 is 0 Å². The molecule has 2 aromatic heterocycles. The van der Waals surface area contributed by atoms with Crippen molar-refractivity contribution in [2.75, 3.05) is 7.05 Å². The second-order valence-electron chi connectivity index (χ2n) is 3.08. The smallest absolute Gasteiger partial charge is 0.271 e. The molecule has 0 spiro atoms. The number of carbonyl (C=O) groups excluding carboxylic acids is 1. The van der Waals surface area contributed by atoms with Crippen molar-refractivity contribution >= 4 is 5.91 Å². The van der Waals surface area contributed by atoms with Gasteiger partial charge in [0.1, 0.15) is 11.8 Å². The second kappa shape index (κ2) is 4.40. The van der Waals surface area contributed by atoms with E-state index in [1.807, 2.05) is 6.07 Å². The van der Waals surface area contributed by atoms with Crippen molar-refractivity contribution in [3.63, 3.8) is 0 Å². The van der Waals surface area contributed by atoms with E-state index in [-0.39, 0.29) is 23.2 Å². The van der Waals surface area contributed by atoms with Gasteiger partial charge in [-0.15, -0.1) is 0 Å². The largest absolute Gasteiger partial charge is 0.354 e. The molecule has 2 aromatic rings. The lowest BCUT2D eigenvalue weighted by atomic mass is 10.4. The lowest BCUT2D eigenvalue weighted by Gasteiger charge is -1.98. The molecular weight excluding hydrogens is 220 g/mol. The van der Waals surface area contributed by atoms with E-state index in [0.717, 1.165) is 0 Å². The van der Waals surface area contributed by atoms with Gasteiger partial charge in [0.05, 0.1) is 0 Å². The molecule has 0 aliphatic heterocycles. The minimum absolute atomic E-state index is 0.243. The van der Waals surface area contributed by atoms with Crippen LogP contribution in [0, 0.1) is 11.3 Å². The highest BCUT2D eigenvalue weighted by molar-refractivity contribution is 5.91. The van der Waals surface area contributed by atoms with Gasteiger partial charge in [0, 0.05) is 19.4 Å². The average molecular weight is 228 g/mol. The van der Waals surface area contributed by atoms with Crippen LogP contribution in [-0.2, 0) is 0 Å². The maximum Gasteiger partial charge on any atom is 0.271 e. The molecule has 17 heavy (non-hydrogen) atoms. The molecule has 0 aliphatic rings. The molecule has 0 unspecified atom stereocenters. The summed E-state index contributed by atoms with van der Waals surface area (Å²) in [5, 5.41) is 15.2. The molecule has 2 heterocycles. The first-order chi connectivity index (χ1) is 8.24. The summed E-state index contributed by atoms with van der Waals surface area (Å²) in [7, 11) is 1.52. The molecule has 0 saturated heterocycles. The molecule has 0 atom stereocenters. The molecule has 0 saturated carbocycles. The summed E-state index contributed by atoms with van der Waals surface area (Å²) in [6.07, 6.45) is 3.02. The number of hydrogen-bond donors (Lipinski definition) is 1. The second-order valence-corrected chi connectivity index (χ2v) is 3.08. The zero-order valence-corrected chi connectivity index (χ0v) is 8.95. The van der Waals surface area contributed by atoms with Gasteiger partial charge < -0.3 is 5.32 Å². The van der Waals surface area contributed by atoms with E-state index in [1.54, 1.807) is 12.3 Å². The first-order valence-corrected chi connectivity index (χ1v) is 4.76. The number of aromatic nitrogens is 4. The van der Waals surface area contributed by atoms with Crippen molar-refractivity contribution in [1.82, 2.24) is 25.1 Å². The van der Waals surface area contributed by atoms with Crippen molar-refractivity contribution in [2.24, 2.45) is 0 Å². The Bertz CT molecular complexity index is 597. The summed E-state index contributed by atoms with van der Waals surface area (Å²) >= 11 is 0. The van der Waals surface area contributed by atoms with Crippen molar-refractivity contribution in [2.45, 2.75) is 0 Å². The van der Waals surface area contributed by atoms with Gasteiger partial charge in [-0.05, 0) is 12.1 Å². The van der Waals surface area contributed by atoms with Crippen LogP contribution in [0.2, 0.25) is 0 Å². The Labute approximate surface area is 96.7 Å². The van der Waals surface area contributed by atoms with Crippen LogP contribution < -0.4 is 5.32 Å². The predicted octanol–water partition coefficient (Wildman–Crippen LogP) is -0.106. The normalized spacial score (nSPS) is 9.65. The fourth-order valence-electron chi connectivity index (χ4n) is 1.21. The van der Waals surface area contributed by atoms with Gasteiger partial charge >= 0.3 is 0 Å². The van der Waals surface area contributed by atoms with E-state index in [9.17, 15) is 4.79 Å². The van der Waals surface area contributed by atoms with Crippen molar-refractivity contribution < 1.29 is 4.79 Å². The monoisotopic (exact) mass is 228 g/mol. The molecule has 0 radical (unpaired) electrons. The minimum atomic E-state index is -0.291. The van der Waals surface area contributed by atoms with Crippen LogP contribution in [-0.4, -0.2) is 32.7 Å². The van der Waals surface area contributed by atoms with Crippen LogP contribution in [0.3, 0.4) is 0 Å². The van der Waals surface area contributed by atoms with Crippen LogP contribution in [0.5, 0.6) is 0 Å². The van der Waals surface area contributed by atoms with Crippen molar-refractivity contribution in [3.8, 4) is 12.0 Å². The summed E-state index contributed by atoms with van der Waals surface area (Å²) in [4.78, 5) is 19.2. The zero-order chi connectivity index (χ0) is 12.3. The SMILES string of the molecule is CNC(=O)c1ccn(-c2nccc(C#N)n2)n1. The highest BCUT2D eigenvalue weighted by Gasteiger charge is 2.09. The van der Waals surface area contributed by atoms with E-state index in [0.29, 0.717) is 0 Å². The summed E-state index contributed by atoms with van der Waals surface area (Å²) in [6.45, 7) is 0. The Balaban J connectivity index is 2.37. The predicted molar refractivity (Wildman–Crippen MR) is 57.3 cm³/mol. The van der Waals surface area contributed by atoms with Crippen LogP contribution in [0.1, 0.15) is 16.2 Å². The molecule has 2 rings (SSSR count). The first kappa shape index (κ1) is 10.8. The van der Waals surface area contributed by atoms with Gasteiger partial charge in [0.2, 0.25) is 0 Å². The van der Waals surface area contributed by atoms with Crippen LogP contribution in [0.15, 0.2) is 24.5 Å². The van der Waals surface area contributed by atoms with E-state index in [2.05, 4.69) is 20.4 Å². The minimum Gasteiger partial charge on any atom is -0.354 e. The van der Waals surface area contributed by atoms with Gasteiger partial charge in [0.15, 0.2) is 5.69 Å². The third-order valence-electron chi connectivity index (χ3n) is 2.01. The van der Waals surface area contributed by atoms with Gasteiger partial charge in [-0.3, -0.25) is 4.79 Å². The highest BCUT2D eigenvalue weighted by Crippen LogP contribution is 2.02. The maximum absolute atomic E-state index is 11.3. The van der Waals surface area contributed by atoms with Gasteiger partial charge in [0.25, 0.3) is 11.9 Å². The molecule has 84 valence electrons. The Hall–Kier alpha value is -2.75. The van der Waals surface area contributed by atoms with E-state index < -0.39 is 0 Å². The number of amides is 1. The van der Waals surface area contributed by atoms with Crippen LogP contribution in [0.25, 0.3) is 5.95 Å². The van der Waals surface area contributed by atoms with E-state index in [4.69, 9.17) is 5.26 Å². The molecule has 0 fully saturated rings. The van der Waals surface area contributed by atoms with Gasteiger partial charge in [-0.2, -0.15) is 10.4 Å². The molecule has 1 N–H and O–H groups in total. The molecular formula is C10H8N6O. The molecule has 1 amide bonds. The highest BCUT2D eigenvalue weighted by atomic mass is 16.1. The Morgan fingerprint density at radius 1 is 1.53 bits per heavy atom. The quantitative estimate of drug-likeness (QED) is 0.773. The van der Waals surface area contributed by atoms with Crippen molar-refractivity contribution in [1.29, 1.82) is 5.26 Å². The first-order valence-electron chi connectivity index (χ1n) is 4.76. The molecule has 7 nitrogen and oxygen atoms in total. The number of nitrogens with zero attached hydrogens (tertiary/aromatic N) is 5. The summed E-state index contributed by atoms with van der Waals surface area (Å²) < 4.78 is 1.34. The lowest BCUT2D eigenvalue weighted by molar-refractivity contribution is 0.0957. The van der Waals surface area contributed by atoms with Crippen molar-refractivity contribution in [3.05, 3.63) is 35.9 Å². The Morgan fingerprint density at radius 2 is 2.35 bits per heavy atom. The lowest BCUT2D eigenvalue weighted by Crippen LogP contribution is -2.18. The Kier molecular flexibility index (Phi) is 2.79. The fraction of sp³-hybridized carbons (Fsp3) is 0.100. The zero-order valence-electron chi connectivity index (χ0n) is 8.95. The van der Waals surface area contributed by atoms with Crippen LogP contribution in [0.4, 0.5) is 0 Å². The number of carbonyl (C=O) groups is 1. The summed E-state index contributed by atoms with van der Waals surface area (Å²) in [5.74, 6) is -0.0422. The molecule has 0 aromatic carbocycles. The molecule has 0 bridgehead atoms. The third kappa shape index (κ3) is 2.10. The van der Waals surface area contributed by atoms with Gasteiger partial charge in [-0.25, -0.2) is 14.6 Å². The maximum atomic E-state index is 11.3. The number of rotatable bonds is 2. The van der Waals surface area contributed by atoms with Gasteiger partial charge in [-0.1, -0.05) is 0 Å². The number of nitrogens with one attached hydrogen (secondary N) is 1.